The van der Waals surface area contributed by atoms with E-state index in [4.69, 9.17) is 0 Å². The number of nitrogens with zero attached hydrogens (tertiary/aromatic N) is 2. The Morgan fingerprint density at radius 2 is 0.654 bits per heavy atom. The first-order valence-electron chi connectivity index (χ1n) is 28.0. The molecule has 380 valence electrons. The topological polar surface area (TPSA) is 8.17 Å². The molecule has 0 spiro atoms. The molecule has 2 heteroatoms. The Bertz CT molecular complexity index is 4490. The van der Waals surface area contributed by atoms with E-state index in [-0.39, 0.29) is 0 Å². The van der Waals surface area contributed by atoms with E-state index in [9.17, 15) is 0 Å². The molecule has 1 aromatic heterocycles. The molecule has 14 aromatic rings. The zero-order valence-electron chi connectivity index (χ0n) is 44.6. The van der Waals surface area contributed by atoms with Crippen molar-refractivity contribution in [1.29, 1.82) is 0 Å². The fourth-order valence-electron chi connectivity index (χ4n) is 13.0. The number of fused-ring (bicyclic) bond motifs is 6. The molecule has 15 rings (SSSR count). The van der Waals surface area contributed by atoms with Gasteiger partial charge in [-0.3, -0.25) is 0 Å². The normalized spacial score (nSPS) is 12.3. The van der Waals surface area contributed by atoms with E-state index < -0.39 is 5.41 Å². The minimum Gasteiger partial charge on any atom is -0.310 e. The highest BCUT2D eigenvalue weighted by Crippen LogP contribution is 2.57. The van der Waals surface area contributed by atoms with Crippen molar-refractivity contribution in [3.8, 4) is 72.4 Å². The zero-order chi connectivity index (χ0) is 53.7. The number of benzene rings is 13. The van der Waals surface area contributed by atoms with Crippen molar-refractivity contribution < 1.29 is 0 Å². The van der Waals surface area contributed by atoms with Gasteiger partial charge in [-0.15, -0.1) is 0 Å². The Morgan fingerprint density at radius 3 is 1.25 bits per heavy atom. The van der Waals surface area contributed by atoms with Crippen LogP contribution in [0, 0.1) is 0 Å². The van der Waals surface area contributed by atoms with E-state index >= 15 is 0 Å². The minimum atomic E-state index is -0.530. The highest BCUT2D eigenvalue weighted by molar-refractivity contribution is 6.11. The predicted molar refractivity (Wildman–Crippen MR) is 340 cm³/mol. The summed E-state index contributed by atoms with van der Waals surface area (Å²) in [7, 11) is 0. The van der Waals surface area contributed by atoms with E-state index in [0.29, 0.717) is 0 Å². The predicted octanol–water partition coefficient (Wildman–Crippen LogP) is 21.0. The van der Waals surface area contributed by atoms with E-state index in [1.165, 1.54) is 105 Å². The Labute approximate surface area is 473 Å². The molecular formula is C79H54N2. The largest absolute Gasteiger partial charge is 0.310 e. The van der Waals surface area contributed by atoms with E-state index in [1.807, 2.05) is 0 Å². The number of para-hydroxylation sites is 1. The lowest BCUT2D eigenvalue weighted by atomic mass is 9.67. The van der Waals surface area contributed by atoms with Crippen molar-refractivity contribution in [2.24, 2.45) is 0 Å². The molecule has 13 aromatic carbocycles. The standard InChI is InChI=1S/C79H54N2/c1-6-22-55(23-7-1)58-38-43-65(44-39-58)80(67-47-48-72-71-34-18-20-36-75(71)79(76(72)54-67,63-28-12-4-13-29-63)64-30-14-5-15-31-64)66-45-40-59(41-46-66)69-32-16-17-33-70(69)60-42-49-78-74(53-60)73-35-19-21-37-77(73)81(78)68-51-61(56-24-8-2-9-25-56)50-62(52-68)57-26-10-3-11-27-57/h1-54H. The van der Waals surface area contributed by atoms with Gasteiger partial charge in [0.15, 0.2) is 0 Å². The van der Waals surface area contributed by atoms with Gasteiger partial charge < -0.3 is 9.47 Å². The van der Waals surface area contributed by atoms with Crippen molar-refractivity contribution in [2.45, 2.75) is 5.41 Å². The lowest BCUT2D eigenvalue weighted by Crippen LogP contribution is -2.28. The monoisotopic (exact) mass is 1030 g/mol. The molecule has 0 amide bonds. The maximum Gasteiger partial charge on any atom is 0.0714 e. The first kappa shape index (κ1) is 47.7. The van der Waals surface area contributed by atoms with Crippen LogP contribution in [0.1, 0.15) is 22.3 Å². The molecule has 2 nitrogen and oxygen atoms in total. The molecule has 1 heterocycles. The number of rotatable bonds is 11. The van der Waals surface area contributed by atoms with Gasteiger partial charge in [-0.2, -0.15) is 0 Å². The summed E-state index contributed by atoms with van der Waals surface area (Å²) in [4.78, 5) is 2.43. The second-order valence-electron chi connectivity index (χ2n) is 21.2. The van der Waals surface area contributed by atoms with Crippen molar-refractivity contribution in [3.63, 3.8) is 0 Å². The molecule has 0 unspecified atom stereocenters. The molecule has 0 saturated carbocycles. The first-order valence-corrected chi connectivity index (χ1v) is 28.0. The SMILES string of the molecule is c1ccc(-c2ccc(N(c3ccc(-c4ccccc4-c4ccc5c(c4)c4ccccc4n5-c4cc(-c5ccccc5)cc(-c5ccccc5)c4)cc3)c3ccc4c(c3)C(c3ccccc3)(c3ccccc3)c3ccccc3-4)cc2)cc1. The number of anilines is 3. The highest BCUT2D eigenvalue weighted by atomic mass is 15.1. The maximum atomic E-state index is 2.46. The Morgan fingerprint density at radius 1 is 0.235 bits per heavy atom. The molecule has 0 atom stereocenters. The van der Waals surface area contributed by atoms with Gasteiger partial charge in [-0.25, -0.2) is 0 Å². The van der Waals surface area contributed by atoms with Crippen LogP contribution in [0.2, 0.25) is 0 Å². The number of hydrogen-bond acceptors (Lipinski definition) is 1. The van der Waals surface area contributed by atoms with Gasteiger partial charge in [0.1, 0.15) is 0 Å². The van der Waals surface area contributed by atoms with Gasteiger partial charge in [0.25, 0.3) is 0 Å². The Kier molecular flexibility index (Phi) is 11.8. The molecular weight excluding hydrogens is 977 g/mol. The Hall–Kier alpha value is -10.5. The summed E-state index contributed by atoms with van der Waals surface area (Å²) in [5.74, 6) is 0. The molecule has 0 N–H and O–H groups in total. The molecule has 0 fully saturated rings. The summed E-state index contributed by atoms with van der Waals surface area (Å²) < 4.78 is 2.45. The van der Waals surface area contributed by atoms with E-state index in [1.54, 1.807) is 0 Å². The fraction of sp³-hybridized carbons (Fsp3) is 0.0127. The fourth-order valence-corrected chi connectivity index (χ4v) is 13.0. The molecule has 1 aliphatic rings. The van der Waals surface area contributed by atoms with Crippen LogP contribution < -0.4 is 4.90 Å². The molecule has 1 aliphatic carbocycles. The summed E-state index contributed by atoms with van der Waals surface area (Å²) >= 11 is 0. The van der Waals surface area contributed by atoms with Crippen LogP contribution >= 0.6 is 0 Å². The molecule has 0 bridgehead atoms. The van der Waals surface area contributed by atoms with Crippen LogP contribution in [0.15, 0.2) is 328 Å². The van der Waals surface area contributed by atoms with Gasteiger partial charge in [0.2, 0.25) is 0 Å². The summed E-state index contributed by atoms with van der Waals surface area (Å²) in [6.07, 6.45) is 0. The third-order valence-electron chi connectivity index (χ3n) is 16.7. The van der Waals surface area contributed by atoms with E-state index in [2.05, 4.69) is 337 Å². The second-order valence-corrected chi connectivity index (χ2v) is 21.2. The molecule has 81 heavy (non-hydrogen) atoms. The highest BCUT2D eigenvalue weighted by Gasteiger charge is 2.46. The van der Waals surface area contributed by atoms with Crippen LogP contribution in [0.25, 0.3) is 94.3 Å². The van der Waals surface area contributed by atoms with Crippen LogP contribution in [0.4, 0.5) is 17.1 Å². The quantitative estimate of drug-likeness (QED) is 0.125. The van der Waals surface area contributed by atoms with Gasteiger partial charge in [0.05, 0.1) is 16.4 Å². The van der Waals surface area contributed by atoms with Crippen LogP contribution in [0.3, 0.4) is 0 Å². The zero-order valence-corrected chi connectivity index (χ0v) is 44.6. The average molecular weight is 1030 g/mol. The molecule has 0 radical (unpaired) electrons. The smallest absolute Gasteiger partial charge is 0.0714 e. The van der Waals surface area contributed by atoms with Crippen molar-refractivity contribution in [1.82, 2.24) is 4.57 Å². The lowest BCUT2D eigenvalue weighted by Gasteiger charge is -2.35. The van der Waals surface area contributed by atoms with Gasteiger partial charge in [0, 0.05) is 33.5 Å². The maximum absolute atomic E-state index is 2.46. The first-order chi connectivity index (χ1) is 40.2. The average Bonchev–Trinajstić information content (AvgIpc) is 4.26. The third kappa shape index (κ3) is 8.19. The van der Waals surface area contributed by atoms with Crippen molar-refractivity contribution in [3.05, 3.63) is 350 Å². The Balaban J connectivity index is 0.848. The lowest BCUT2D eigenvalue weighted by molar-refractivity contribution is 0.768. The van der Waals surface area contributed by atoms with Crippen molar-refractivity contribution >= 4 is 38.9 Å². The second kappa shape index (κ2) is 20.0. The third-order valence-corrected chi connectivity index (χ3v) is 16.7. The molecule has 0 aliphatic heterocycles. The van der Waals surface area contributed by atoms with E-state index in [0.717, 1.165) is 28.3 Å². The summed E-state index contributed by atoms with van der Waals surface area (Å²) in [6.45, 7) is 0. The van der Waals surface area contributed by atoms with Gasteiger partial charge in [-0.05, 0) is 162 Å². The number of hydrogen-bond donors (Lipinski definition) is 0. The van der Waals surface area contributed by atoms with Crippen LogP contribution in [-0.2, 0) is 5.41 Å². The van der Waals surface area contributed by atoms with Crippen molar-refractivity contribution in [2.75, 3.05) is 4.90 Å². The van der Waals surface area contributed by atoms with Crippen LogP contribution in [0.5, 0.6) is 0 Å². The number of aromatic nitrogens is 1. The van der Waals surface area contributed by atoms with Gasteiger partial charge in [-0.1, -0.05) is 255 Å². The van der Waals surface area contributed by atoms with Crippen LogP contribution in [-0.4, -0.2) is 4.57 Å². The summed E-state index contributed by atoms with van der Waals surface area (Å²) in [6, 6.07) is 120. The minimum absolute atomic E-state index is 0.530. The van der Waals surface area contributed by atoms with Gasteiger partial charge >= 0.3 is 0 Å². The summed E-state index contributed by atoms with van der Waals surface area (Å²) in [5.41, 5.74) is 25.6. The summed E-state index contributed by atoms with van der Waals surface area (Å²) in [5, 5.41) is 2.44. The molecule has 0 saturated heterocycles.